The molecule has 0 unspecified atom stereocenters. The van der Waals surface area contributed by atoms with Crippen molar-refractivity contribution < 1.29 is 24.0 Å². The Balaban J connectivity index is 1.79. The van der Waals surface area contributed by atoms with Crippen molar-refractivity contribution in [3.05, 3.63) is 63.7 Å². The molecule has 2 amide bonds. The molecule has 29 heavy (non-hydrogen) atoms. The number of nitro groups is 1. The number of ether oxygens (including phenoxy) is 1. The van der Waals surface area contributed by atoms with E-state index in [1.165, 1.54) is 29.2 Å². The van der Waals surface area contributed by atoms with Crippen LogP contribution in [-0.2, 0) is 20.7 Å². The topological polar surface area (TPSA) is 119 Å². The average molecular weight is 397 g/mol. The smallest absolute Gasteiger partial charge is 0.340 e. The number of carbonyl (C=O) groups excluding carboxylic acids is 3. The third-order valence-corrected chi connectivity index (χ3v) is 4.47. The minimum absolute atomic E-state index is 0.0640. The number of anilines is 2. The van der Waals surface area contributed by atoms with Crippen LogP contribution in [0.25, 0.3) is 0 Å². The fourth-order valence-electron chi connectivity index (χ4n) is 3.15. The Kier molecular flexibility index (Phi) is 5.87. The number of amides is 2. The summed E-state index contributed by atoms with van der Waals surface area (Å²) in [5, 5.41) is 13.6. The molecule has 1 aliphatic rings. The molecule has 2 aromatic carbocycles. The molecule has 1 aliphatic heterocycles. The van der Waals surface area contributed by atoms with Crippen LogP contribution in [0.5, 0.6) is 0 Å². The number of hydrogen-bond donors (Lipinski definition) is 1. The lowest BCUT2D eigenvalue weighted by Gasteiger charge is -2.28. The number of nitrogens with zero attached hydrogens (tertiary/aromatic N) is 2. The van der Waals surface area contributed by atoms with E-state index in [9.17, 15) is 24.5 Å². The van der Waals surface area contributed by atoms with E-state index < -0.39 is 16.8 Å². The van der Waals surface area contributed by atoms with E-state index in [-0.39, 0.29) is 42.4 Å². The van der Waals surface area contributed by atoms with Crippen LogP contribution in [-0.4, -0.2) is 35.9 Å². The Morgan fingerprint density at radius 1 is 1.21 bits per heavy atom. The molecule has 0 radical (unpaired) electrons. The summed E-state index contributed by atoms with van der Waals surface area (Å²) >= 11 is 0. The first kappa shape index (κ1) is 20.0. The van der Waals surface area contributed by atoms with Gasteiger partial charge in [-0.05, 0) is 37.1 Å². The van der Waals surface area contributed by atoms with E-state index in [0.717, 1.165) is 0 Å². The highest BCUT2D eigenvalue weighted by molar-refractivity contribution is 6.06. The first-order chi connectivity index (χ1) is 13.9. The van der Waals surface area contributed by atoms with Crippen LogP contribution in [0.4, 0.5) is 17.1 Å². The number of nitrogens with one attached hydrogen (secondary N) is 1. The van der Waals surface area contributed by atoms with E-state index in [1.54, 1.807) is 25.1 Å². The normalized spacial score (nSPS) is 12.9. The second kappa shape index (κ2) is 8.51. The van der Waals surface area contributed by atoms with Gasteiger partial charge in [-0.3, -0.25) is 19.7 Å². The van der Waals surface area contributed by atoms with Gasteiger partial charge in [0.15, 0.2) is 0 Å². The number of aryl methyl sites for hydroxylation is 1. The highest BCUT2D eigenvalue weighted by atomic mass is 16.6. The summed E-state index contributed by atoms with van der Waals surface area (Å²) in [7, 11) is 0. The standard InChI is InChI=1S/C20H19N3O6/c1-2-29-20(26)15-5-3-4-6-16(15)21-18(24)12-22-17-9-8-14(23(27)28)11-13(17)7-10-19(22)25/h3-6,8-9,11H,2,7,10,12H2,1H3,(H,21,24). The van der Waals surface area contributed by atoms with Gasteiger partial charge in [-0.15, -0.1) is 0 Å². The molecule has 9 nitrogen and oxygen atoms in total. The number of rotatable bonds is 6. The molecular formula is C20H19N3O6. The zero-order valence-electron chi connectivity index (χ0n) is 15.7. The Labute approximate surface area is 166 Å². The van der Waals surface area contributed by atoms with Crippen molar-refractivity contribution in [2.24, 2.45) is 0 Å². The molecule has 0 aromatic heterocycles. The minimum Gasteiger partial charge on any atom is -0.462 e. The van der Waals surface area contributed by atoms with Crippen molar-refractivity contribution in [2.75, 3.05) is 23.4 Å². The van der Waals surface area contributed by atoms with Crippen molar-refractivity contribution >= 4 is 34.8 Å². The summed E-state index contributed by atoms with van der Waals surface area (Å²) in [6.07, 6.45) is 0.528. The van der Waals surface area contributed by atoms with Crippen LogP contribution in [0.2, 0.25) is 0 Å². The third kappa shape index (κ3) is 4.40. The number of esters is 1. The average Bonchev–Trinajstić information content (AvgIpc) is 2.70. The number of hydrogen-bond acceptors (Lipinski definition) is 6. The summed E-state index contributed by atoms with van der Waals surface area (Å²) in [6.45, 7) is 1.61. The Hall–Kier alpha value is -3.75. The van der Waals surface area contributed by atoms with Gasteiger partial charge in [0.25, 0.3) is 5.69 Å². The Bertz CT molecular complexity index is 988. The van der Waals surface area contributed by atoms with Crippen molar-refractivity contribution in [2.45, 2.75) is 19.8 Å². The third-order valence-electron chi connectivity index (χ3n) is 4.47. The Morgan fingerprint density at radius 2 is 1.97 bits per heavy atom. The minimum atomic E-state index is -0.560. The summed E-state index contributed by atoms with van der Waals surface area (Å²) in [6, 6.07) is 10.6. The van der Waals surface area contributed by atoms with Gasteiger partial charge in [-0.2, -0.15) is 0 Å². The highest BCUT2D eigenvalue weighted by Crippen LogP contribution is 2.31. The van der Waals surface area contributed by atoms with Crippen molar-refractivity contribution in [1.29, 1.82) is 0 Å². The van der Waals surface area contributed by atoms with Crippen LogP contribution in [0.3, 0.4) is 0 Å². The van der Waals surface area contributed by atoms with E-state index >= 15 is 0 Å². The molecule has 0 bridgehead atoms. The van der Waals surface area contributed by atoms with Crippen LogP contribution in [0, 0.1) is 10.1 Å². The van der Waals surface area contributed by atoms with Gasteiger partial charge in [0, 0.05) is 24.2 Å². The molecule has 0 saturated carbocycles. The molecule has 0 saturated heterocycles. The predicted molar refractivity (Wildman–Crippen MR) is 105 cm³/mol. The highest BCUT2D eigenvalue weighted by Gasteiger charge is 2.28. The van der Waals surface area contributed by atoms with Gasteiger partial charge in [-0.25, -0.2) is 4.79 Å². The molecule has 0 aliphatic carbocycles. The summed E-state index contributed by atoms with van der Waals surface area (Å²) in [5.74, 6) is -1.31. The molecule has 0 fully saturated rings. The maximum absolute atomic E-state index is 12.6. The molecule has 150 valence electrons. The lowest BCUT2D eigenvalue weighted by molar-refractivity contribution is -0.384. The largest absolute Gasteiger partial charge is 0.462 e. The monoisotopic (exact) mass is 397 g/mol. The fourth-order valence-corrected chi connectivity index (χ4v) is 3.15. The number of benzene rings is 2. The van der Waals surface area contributed by atoms with Crippen LogP contribution < -0.4 is 10.2 Å². The van der Waals surface area contributed by atoms with Gasteiger partial charge in [-0.1, -0.05) is 12.1 Å². The number of nitro benzene ring substituents is 1. The van der Waals surface area contributed by atoms with Crippen molar-refractivity contribution in [3.63, 3.8) is 0 Å². The lowest BCUT2D eigenvalue weighted by atomic mass is 10.0. The quantitative estimate of drug-likeness (QED) is 0.455. The molecule has 0 spiro atoms. The summed E-state index contributed by atoms with van der Waals surface area (Å²) in [4.78, 5) is 48.8. The molecule has 2 aromatic rings. The van der Waals surface area contributed by atoms with Crippen LogP contribution >= 0.6 is 0 Å². The molecule has 1 N–H and O–H groups in total. The molecule has 0 atom stereocenters. The Morgan fingerprint density at radius 3 is 2.69 bits per heavy atom. The first-order valence-corrected chi connectivity index (χ1v) is 9.04. The zero-order chi connectivity index (χ0) is 21.0. The SMILES string of the molecule is CCOC(=O)c1ccccc1NC(=O)CN1C(=O)CCc2cc([N+](=O)[O-])ccc21. The van der Waals surface area contributed by atoms with E-state index in [4.69, 9.17) is 4.74 Å². The van der Waals surface area contributed by atoms with Gasteiger partial charge in [0.2, 0.25) is 11.8 Å². The van der Waals surface area contributed by atoms with Crippen molar-refractivity contribution in [3.8, 4) is 0 Å². The zero-order valence-corrected chi connectivity index (χ0v) is 15.7. The summed E-state index contributed by atoms with van der Waals surface area (Å²) < 4.78 is 4.98. The molecule has 9 heteroatoms. The number of non-ortho nitro benzene ring substituents is 1. The number of carbonyl (C=O) groups is 3. The van der Waals surface area contributed by atoms with Gasteiger partial charge in [0.05, 0.1) is 22.8 Å². The number of para-hydroxylation sites is 1. The molecular weight excluding hydrogens is 378 g/mol. The summed E-state index contributed by atoms with van der Waals surface area (Å²) in [5.41, 5.74) is 1.54. The maximum Gasteiger partial charge on any atom is 0.340 e. The van der Waals surface area contributed by atoms with E-state index in [1.807, 2.05) is 0 Å². The van der Waals surface area contributed by atoms with Crippen LogP contribution in [0.1, 0.15) is 29.3 Å². The second-order valence-electron chi connectivity index (χ2n) is 6.36. The predicted octanol–water partition coefficient (Wildman–Crippen LogP) is 2.69. The molecule has 1 heterocycles. The maximum atomic E-state index is 12.6. The first-order valence-electron chi connectivity index (χ1n) is 9.04. The van der Waals surface area contributed by atoms with E-state index in [2.05, 4.69) is 5.32 Å². The second-order valence-corrected chi connectivity index (χ2v) is 6.36. The molecule has 3 rings (SSSR count). The number of fused-ring (bicyclic) bond motifs is 1. The van der Waals surface area contributed by atoms with E-state index in [0.29, 0.717) is 17.7 Å². The van der Waals surface area contributed by atoms with Gasteiger partial charge in [0.1, 0.15) is 6.54 Å². The van der Waals surface area contributed by atoms with Gasteiger partial charge < -0.3 is 15.0 Å². The van der Waals surface area contributed by atoms with Crippen LogP contribution in [0.15, 0.2) is 42.5 Å². The lowest BCUT2D eigenvalue weighted by Crippen LogP contribution is -2.41. The fraction of sp³-hybridized carbons (Fsp3) is 0.250. The van der Waals surface area contributed by atoms with Crippen molar-refractivity contribution in [1.82, 2.24) is 0 Å². The van der Waals surface area contributed by atoms with Gasteiger partial charge >= 0.3 is 5.97 Å².